The van der Waals surface area contributed by atoms with Crippen LogP contribution >= 0.6 is 47.3 Å². The molecular weight excluding hydrogens is 870 g/mol. The summed E-state index contributed by atoms with van der Waals surface area (Å²) in [6, 6.07) is 33.7. The van der Waals surface area contributed by atoms with E-state index in [1.54, 1.807) is 60.3 Å². The predicted octanol–water partition coefficient (Wildman–Crippen LogP) is 13.1. The Bertz CT molecular complexity index is 2570. The first kappa shape index (κ1) is 43.7. The van der Waals surface area contributed by atoms with Crippen molar-refractivity contribution in [2.75, 3.05) is 51.7 Å². The highest BCUT2D eigenvalue weighted by molar-refractivity contribution is 8.01. The highest BCUT2D eigenvalue weighted by Crippen LogP contribution is 2.46. The molecule has 314 valence electrons. The number of benzene rings is 5. The van der Waals surface area contributed by atoms with Crippen LogP contribution in [0.25, 0.3) is 22.4 Å². The summed E-state index contributed by atoms with van der Waals surface area (Å²) in [5.74, 6) is -0.303. The predicted molar refractivity (Wildman–Crippen MR) is 243 cm³/mol. The van der Waals surface area contributed by atoms with Gasteiger partial charge in [0.1, 0.15) is 10.7 Å². The van der Waals surface area contributed by atoms with Gasteiger partial charge >= 0.3 is 5.51 Å². The molecule has 1 aliphatic heterocycles. The molecule has 1 saturated heterocycles. The van der Waals surface area contributed by atoms with Crippen LogP contribution in [0, 0.1) is 12.7 Å². The molecule has 6 aromatic rings. The number of anilines is 4. The first-order valence-corrected chi connectivity index (χ1v) is 23.7. The Morgan fingerprint density at radius 2 is 1.37 bits per heavy atom. The molecule has 0 amide bonds. The Morgan fingerprint density at radius 1 is 0.733 bits per heavy atom. The van der Waals surface area contributed by atoms with Crippen LogP contribution in [0.4, 0.5) is 40.3 Å². The molecule has 0 saturated carbocycles. The number of hydrogen-bond donors (Lipinski definition) is 2. The number of alkyl halides is 3. The fourth-order valence-corrected chi connectivity index (χ4v) is 10.7. The van der Waals surface area contributed by atoms with E-state index in [1.165, 1.54) is 6.07 Å². The van der Waals surface area contributed by atoms with E-state index in [9.17, 15) is 21.6 Å². The second kappa shape index (κ2) is 18.3. The maximum atomic E-state index is 15.6. The zero-order valence-electron chi connectivity index (χ0n) is 33.1. The molecule has 16 heteroatoms. The summed E-state index contributed by atoms with van der Waals surface area (Å²) >= 11 is 9.96. The third kappa shape index (κ3) is 9.40. The van der Waals surface area contributed by atoms with Crippen molar-refractivity contribution in [2.45, 2.75) is 51.9 Å². The lowest BCUT2D eigenvalue weighted by molar-refractivity contribution is -0.0435. The fourth-order valence-electron chi connectivity index (χ4n) is 7.32. The van der Waals surface area contributed by atoms with E-state index < -0.39 is 20.2 Å². The maximum absolute atomic E-state index is 15.6. The highest BCUT2D eigenvalue weighted by atomic mass is 35.5. The number of thioether (sulfide) groups is 1. The average molecular weight is 913 g/mol. The number of piperazine rings is 1. The standard InChI is InChI=1S/C44H42ClF4N5O2S4/c1-28(2)54-29(3)43(57-4)41(42(54)30-10-12-32(45)13-11-30)31-24-33(46)26-36(25-31)53-22-20-52(21-23-53)35-16-14-34(15-17-35)50-59-38-18-19-39(51-58-37-8-6-5-7-9-37)40(27-38)60(55,56)44(47,48)49/h5-19,24-28,50-51H,20-23H2,1-4H3. The summed E-state index contributed by atoms with van der Waals surface area (Å²) < 4.78 is 90.1. The van der Waals surface area contributed by atoms with Gasteiger partial charge in [-0.1, -0.05) is 41.9 Å². The molecule has 0 bridgehead atoms. The minimum atomic E-state index is -5.64. The van der Waals surface area contributed by atoms with Crippen LogP contribution in [-0.4, -0.2) is 50.9 Å². The molecule has 0 unspecified atom stereocenters. The highest BCUT2D eigenvalue weighted by Gasteiger charge is 2.48. The van der Waals surface area contributed by atoms with Gasteiger partial charge < -0.3 is 23.8 Å². The normalized spacial score (nSPS) is 13.6. The third-order valence-electron chi connectivity index (χ3n) is 10.1. The van der Waals surface area contributed by atoms with Gasteiger partial charge in [0.15, 0.2) is 0 Å². The van der Waals surface area contributed by atoms with Crippen molar-refractivity contribution in [3.63, 3.8) is 0 Å². The second-order valence-corrected chi connectivity index (χ2v) is 19.3. The summed E-state index contributed by atoms with van der Waals surface area (Å²) in [5, 5.41) is 0.651. The van der Waals surface area contributed by atoms with Crippen molar-refractivity contribution in [2.24, 2.45) is 0 Å². The third-order valence-corrected chi connectivity index (χ3v) is 14.5. The van der Waals surface area contributed by atoms with Gasteiger partial charge in [0.2, 0.25) is 0 Å². The Labute approximate surface area is 366 Å². The largest absolute Gasteiger partial charge is 0.501 e. The molecule has 1 aromatic heterocycles. The van der Waals surface area contributed by atoms with E-state index in [0.717, 1.165) is 74.3 Å². The van der Waals surface area contributed by atoms with Crippen LogP contribution < -0.4 is 19.2 Å². The van der Waals surface area contributed by atoms with E-state index >= 15 is 4.39 Å². The lowest BCUT2D eigenvalue weighted by Crippen LogP contribution is -2.46. The van der Waals surface area contributed by atoms with Gasteiger partial charge in [-0.2, -0.15) is 13.2 Å². The number of rotatable bonds is 13. The van der Waals surface area contributed by atoms with Gasteiger partial charge in [0.05, 0.1) is 11.4 Å². The molecule has 0 aliphatic carbocycles. The summed E-state index contributed by atoms with van der Waals surface area (Å²) in [7, 11) is -5.64. The van der Waals surface area contributed by atoms with Crippen LogP contribution in [0.1, 0.15) is 25.6 Å². The molecule has 0 spiro atoms. The first-order chi connectivity index (χ1) is 28.6. The molecule has 2 N–H and O–H groups in total. The fraction of sp³-hybridized carbons (Fsp3) is 0.227. The molecule has 1 fully saturated rings. The Morgan fingerprint density at radius 3 is 1.98 bits per heavy atom. The molecule has 0 radical (unpaired) electrons. The zero-order chi connectivity index (χ0) is 42.8. The van der Waals surface area contributed by atoms with E-state index in [4.69, 9.17) is 11.6 Å². The second-order valence-electron chi connectivity index (χ2n) is 14.4. The molecule has 7 rings (SSSR count). The topological polar surface area (TPSA) is 69.6 Å². The molecular formula is C44H42ClF4N5O2S4. The number of aromatic nitrogens is 1. The van der Waals surface area contributed by atoms with Crippen molar-refractivity contribution in [3.05, 3.63) is 132 Å². The van der Waals surface area contributed by atoms with Gasteiger partial charge in [-0.15, -0.1) is 11.8 Å². The number of sulfone groups is 1. The van der Waals surface area contributed by atoms with Crippen LogP contribution in [0.5, 0.6) is 0 Å². The summed E-state index contributed by atoms with van der Waals surface area (Å²) in [4.78, 5) is 5.69. The number of nitrogens with one attached hydrogen (secondary N) is 2. The molecule has 1 aliphatic rings. The molecule has 5 aromatic carbocycles. The van der Waals surface area contributed by atoms with E-state index in [2.05, 4.69) is 56.9 Å². The number of hydrogen-bond acceptors (Lipinski definition) is 9. The maximum Gasteiger partial charge on any atom is 0.501 e. The van der Waals surface area contributed by atoms with Gasteiger partial charge in [0.25, 0.3) is 9.84 Å². The lowest BCUT2D eigenvalue weighted by Gasteiger charge is -2.37. The Kier molecular flexibility index (Phi) is 13.3. The summed E-state index contributed by atoms with van der Waals surface area (Å²) in [5.41, 5.74) is 1.83. The van der Waals surface area contributed by atoms with Crippen LogP contribution in [0.2, 0.25) is 5.02 Å². The van der Waals surface area contributed by atoms with E-state index in [0.29, 0.717) is 41.8 Å². The summed E-state index contributed by atoms with van der Waals surface area (Å²) in [6.45, 7) is 9.15. The van der Waals surface area contributed by atoms with E-state index in [-0.39, 0.29) is 22.4 Å². The summed E-state index contributed by atoms with van der Waals surface area (Å²) in [6.07, 6.45) is 2.05. The first-order valence-electron chi connectivity index (χ1n) is 19.0. The van der Waals surface area contributed by atoms with Crippen LogP contribution in [0.15, 0.2) is 135 Å². The zero-order valence-corrected chi connectivity index (χ0v) is 37.1. The van der Waals surface area contributed by atoms with Gasteiger partial charge in [0, 0.05) is 80.2 Å². The quantitative estimate of drug-likeness (QED) is 0.0670. The minimum Gasteiger partial charge on any atom is -0.368 e. The minimum absolute atomic E-state index is 0.169. The van der Waals surface area contributed by atoms with Gasteiger partial charge in [-0.3, -0.25) is 0 Å². The molecule has 2 heterocycles. The van der Waals surface area contributed by atoms with E-state index in [1.807, 2.05) is 48.5 Å². The van der Waals surface area contributed by atoms with Gasteiger partial charge in [-0.25, -0.2) is 12.8 Å². The number of nitrogens with zero attached hydrogens (tertiary/aromatic N) is 3. The Balaban J connectivity index is 1.04. The Hall–Kier alpha value is -4.41. The van der Waals surface area contributed by atoms with Crippen LogP contribution in [0.3, 0.4) is 0 Å². The van der Waals surface area contributed by atoms with Crippen molar-refractivity contribution >= 4 is 79.8 Å². The number of halogens is 5. The van der Waals surface area contributed by atoms with Crippen LogP contribution in [-0.2, 0) is 9.84 Å². The van der Waals surface area contributed by atoms with Crippen molar-refractivity contribution in [3.8, 4) is 22.4 Å². The lowest BCUT2D eigenvalue weighted by atomic mass is 9.99. The van der Waals surface area contributed by atoms with Crippen molar-refractivity contribution in [1.82, 2.24) is 4.57 Å². The smallest absolute Gasteiger partial charge is 0.368 e. The molecule has 60 heavy (non-hydrogen) atoms. The van der Waals surface area contributed by atoms with Crippen molar-refractivity contribution < 1.29 is 26.0 Å². The molecule has 7 nitrogen and oxygen atoms in total. The average Bonchev–Trinajstić information content (AvgIpc) is 3.54. The monoisotopic (exact) mass is 911 g/mol. The van der Waals surface area contributed by atoms with Crippen molar-refractivity contribution in [1.29, 1.82) is 0 Å². The van der Waals surface area contributed by atoms with Gasteiger partial charge in [-0.05, 0) is 147 Å². The SMILES string of the molecule is CSc1c(-c2cc(F)cc(N3CCN(c4ccc(NSc5ccc(NSc6ccccc6)c(S(=O)(=O)C(F)(F)F)c5)cc4)CC3)c2)c(-c2ccc(Cl)cc2)n(C(C)C)c1C. The molecule has 0 atom stereocenters.